The number of nitrogens with zero attached hydrogens (tertiary/aromatic N) is 2. The molecule has 7 nitrogen and oxygen atoms in total. The van der Waals surface area contributed by atoms with E-state index >= 15 is 0 Å². The van der Waals surface area contributed by atoms with Gasteiger partial charge in [-0.2, -0.15) is 4.98 Å². The molecule has 0 radical (unpaired) electrons. The van der Waals surface area contributed by atoms with Crippen molar-refractivity contribution in [1.82, 2.24) is 20.8 Å². The van der Waals surface area contributed by atoms with Crippen molar-refractivity contribution in [3.63, 3.8) is 0 Å². The van der Waals surface area contributed by atoms with Crippen LogP contribution < -0.4 is 10.6 Å². The molecule has 7 heteroatoms. The number of carbonyl (C=O) groups is 2. The third-order valence-corrected chi connectivity index (χ3v) is 4.35. The summed E-state index contributed by atoms with van der Waals surface area (Å²) >= 11 is 0. The van der Waals surface area contributed by atoms with Gasteiger partial charge in [-0.1, -0.05) is 30.8 Å². The lowest BCUT2D eigenvalue weighted by Gasteiger charge is -2.30. The highest BCUT2D eigenvalue weighted by Gasteiger charge is 2.38. The first kappa shape index (κ1) is 19.4. The van der Waals surface area contributed by atoms with E-state index in [4.69, 9.17) is 4.52 Å². The Labute approximate surface area is 149 Å². The van der Waals surface area contributed by atoms with Gasteiger partial charge in [0, 0.05) is 25.3 Å². The highest BCUT2D eigenvalue weighted by atomic mass is 16.5. The van der Waals surface area contributed by atoms with E-state index in [9.17, 15) is 9.59 Å². The van der Waals surface area contributed by atoms with Crippen molar-refractivity contribution >= 4 is 11.8 Å². The second-order valence-electron chi connectivity index (χ2n) is 7.99. The van der Waals surface area contributed by atoms with Crippen LogP contribution in [-0.2, 0) is 21.5 Å². The molecule has 0 unspecified atom stereocenters. The molecule has 0 saturated heterocycles. The molecule has 2 N–H and O–H groups in total. The lowest BCUT2D eigenvalue weighted by atomic mass is 9.89. The number of carbonyl (C=O) groups excluding carboxylic acids is 2. The number of aryl methyl sites for hydroxylation is 1. The second-order valence-corrected chi connectivity index (χ2v) is 7.99. The maximum Gasteiger partial charge on any atom is 0.227 e. The van der Waals surface area contributed by atoms with Gasteiger partial charge < -0.3 is 15.2 Å². The van der Waals surface area contributed by atoms with Crippen molar-refractivity contribution in [2.45, 2.75) is 90.1 Å². The molecular formula is C18H30N4O3. The molecule has 1 aromatic heterocycles. The quantitative estimate of drug-likeness (QED) is 0.796. The maximum absolute atomic E-state index is 11.9. The van der Waals surface area contributed by atoms with Gasteiger partial charge in [-0.15, -0.1) is 0 Å². The molecule has 0 atom stereocenters. The number of amides is 2. The van der Waals surface area contributed by atoms with Gasteiger partial charge in [0.2, 0.25) is 17.7 Å². The van der Waals surface area contributed by atoms with Crippen molar-refractivity contribution in [3.8, 4) is 0 Å². The van der Waals surface area contributed by atoms with E-state index in [1.807, 2.05) is 20.8 Å². The van der Waals surface area contributed by atoms with Gasteiger partial charge in [-0.3, -0.25) is 9.59 Å². The summed E-state index contributed by atoms with van der Waals surface area (Å²) in [5.41, 5.74) is -0.801. The first-order valence-corrected chi connectivity index (χ1v) is 9.13. The van der Waals surface area contributed by atoms with Gasteiger partial charge in [0.15, 0.2) is 5.82 Å². The van der Waals surface area contributed by atoms with E-state index in [1.165, 1.54) is 6.92 Å². The molecule has 0 spiro atoms. The van der Waals surface area contributed by atoms with Gasteiger partial charge in [-0.05, 0) is 33.6 Å². The summed E-state index contributed by atoms with van der Waals surface area (Å²) in [6.45, 7) is 7.35. The topological polar surface area (TPSA) is 97.1 Å². The van der Waals surface area contributed by atoms with Crippen LogP contribution in [0.25, 0.3) is 0 Å². The van der Waals surface area contributed by atoms with Crippen molar-refractivity contribution in [2.24, 2.45) is 0 Å². The molecule has 140 valence electrons. The summed E-state index contributed by atoms with van der Waals surface area (Å²) in [4.78, 5) is 28.1. The smallest absolute Gasteiger partial charge is 0.227 e. The van der Waals surface area contributed by atoms with Crippen LogP contribution in [-0.4, -0.2) is 27.5 Å². The lowest BCUT2D eigenvalue weighted by molar-refractivity contribution is -0.123. The molecule has 1 heterocycles. The molecule has 0 aromatic carbocycles. The Bertz CT molecular complexity index is 596. The van der Waals surface area contributed by atoms with Gasteiger partial charge in [0.25, 0.3) is 0 Å². The Balaban J connectivity index is 2.06. The van der Waals surface area contributed by atoms with E-state index in [0.717, 1.165) is 38.5 Å². The minimum absolute atomic E-state index is 0.0432. The van der Waals surface area contributed by atoms with Gasteiger partial charge in [0.1, 0.15) is 5.54 Å². The molecule has 2 amide bonds. The van der Waals surface area contributed by atoms with E-state index < -0.39 is 5.54 Å². The molecule has 0 bridgehead atoms. The van der Waals surface area contributed by atoms with Crippen LogP contribution in [0, 0.1) is 0 Å². The van der Waals surface area contributed by atoms with E-state index in [1.54, 1.807) is 0 Å². The average molecular weight is 350 g/mol. The monoisotopic (exact) mass is 350 g/mol. The Morgan fingerprint density at radius 1 is 1.16 bits per heavy atom. The number of hydrogen-bond acceptors (Lipinski definition) is 5. The van der Waals surface area contributed by atoms with Gasteiger partial charge in [-0.25, -0.2) is 0 Å². The van der Waals surface area contributed by atoms with Crippen LogP contribution >= 0.6 is 0 Å². The first-order chi connectivity index (χ1) is 11.7. The van der Waals surface area contributed by atoms with Gasteiger partial charge in [0.05, 0.1) is 0 Å². The molecule has 2 rings (SSSR count). The second kappa shape index (κ2) is 7.97. The fourth-order valence-electron chi connectivity index (χ4n) is 3.33. The van der Waals surface area contributed by atoms with Crippen molar-refractivity contribution in [2.75, 3.05) is 0 Å². The van der Waals surface area contributed by atoms with Crippen LogP contribution in [0.4, 0.5) is 0 Å². The predicted octanol–water partition coefficient (Wildman–Crippen LogP) is 2.60. The normalized spacial score (nSPS) is 17.6. The SMILES string of the molecule is CC(=O)NC1(c2noc(CCC(=O)NC(C)(C)C)n2)CCCCCC1. The first-order valence-electron chi connectivity index (χ1n) is 9.13. The highest BCUT2D eigenvalue weighted by Crippen LogP contribution is 2.34. The molecule has 0 aliphatic heterocycles. The Morgan fingerprint density at radius 2 is 1.80 bits per heavy atom. The third kappa shape index (κ3) is 5.83. The molecule has 1 aromatic rings. The molecule has 1 aliphatic rings. The minimum atomic E-state index is -0.544. The van der Waals surface area contributed by atoms with Crippen molar-refractivity contribution in [1.29, 1.82) is 0 Å². The van der Waals surface area contributed by atoms with Crippen LogP contribution in [0.2, 0.25) is 0 Å². The largest absolute Gasteiger partial charge is 0.351 e. The van der Waals surface area contributed by atoms with Crippen LogP contribution in [0.1, 0.15) is 84.4 Å². The van der Waals surface area contributed by atoms with E-state index in [-0.39, 0.29) is 17.4 Å². The zero-order valence-electron chi connectivity index (χ0n) is 15.8. The number of hydrogen-bond donors (Lipinski definition) is 2. The van der Waals surface area contributed by atoms with Crippen molar-refractivity contribution in [3.05, 3.63) is 11.7 Å². The fraction of sp³-hybridized carbons (Fsp3) is 0.778. The Hall–Kier alpha value is -1.92. The molecule has 1 saturated carbocycles. The molecule has 1 fully saturated rings. The zero-order chi connectivity index (χ0) is 18.5. The minimum Gasteiger partial charge on any atom is -0.351 e. The van der Waals surface area contributed by atoms with Crippen LogP contribution in [0.5, 0.6) is 0 Å². The fourth-order valence-corrected chi connectivity index (χ4v) is 3.33. The summed E-state index contributed by atoms with van der Waals surface area (Å²) in [7, 11) is 0. The molecule has 25 heavy (non-hydrogen) atoms. The molecular weight excluding hydrogens is 320 g/mol. The number of rotatable bonds is 5. The van der Waals surface area contributed by atoms with E-state index in [2.05, 4.69) is 20.8 Å². The summed E-state index contributed by atoms with van der Waals surface area (Å²) < 4.78 is 5.35. The Kier molecular flexibility index (Phi) is 6.19. The lowest BCUT2D eigenvalue weighted by Crippen LogP contribution is -2.45. The third-order valence-electron chi connectivity index (χ3n) is 4.35. The average Bonchev–Trinajstić information content (AvgIpc) is 2.84. The summed E-state index contributed by atoms with van der Waals surface area (Å²) in [5.74, 6) is 0.847. The van der Waals surface area contributed by atoms with Gasteiger partial charge >= 0.3 is 0 Å². The zero-order valence-corrected chi connectivity index (χ0v) is 15.8. The maximum atomic E-state index is 11.9. The summed E-state index contributed by atoms with van der Waals surface area (Å²) in [5, 5.41) is 10.1. The summed E-state index contributed by atoms with van der Waals surface area (Å²) in [6.07, 6.45) is 6.68. The predicted molar refractivity (Wildman–Crippen MR) is 93.7 cm³/mol. The Morgan fingerprint density at radius 3 is 2.36 bits per heavy atom. The van der Waals surface area contributed by atoms with Crippen LogP contribution in [0.3, 0.4) is 0 Å². The standard InChI is InChI=1S/C18H30N4O3/c1-13(23)20-18(11-7-5-6-8-12-18)16-19-15(25-22-16)10-9-14(24)21-17(2,3)4/h5-12H2,1-4H3,(H,20,23)(H,21,24). The summed E-state index contributed by atoms with van der Waals surface area (Å²) in [6, 6.07) is 0. The van der Waals surface area contributed by atoms with E-state index in [0.29, 0.717) is 24.6 Å². The highest BCUT2D eigenvalue weighted by molar-refractivity contribution is 5.76. The van der Waals surface area contributed by atoms with Crippen LogP contribution in [0.15, 0.2) is 4.52 Å². The molecule has 1 aliphatic carbocycles. The van der Waals surface area contributed by atoms with Crippen molar-refractivity contribution < 1.29 is 14.1 Å². The number of aromatic nitrogens is 2. The number of nitrogens with one attached hydrogen (secondary N) is 2.